The number of nitrogens with one attached hydrogen (secondary N) is 1. The minimum atomic E-state index is -0.900. The summed E-state index contributed by atoms with van der Waals surface area (Å²) in [5.74, 6) is 0.152. The van der Waals surface area contributed by atoms with Gasteiger partial charge < -0.3 is 20.1 Å². The predicted molar refractivity (Wildman–Crippen MR) is 125 cm³/mol. The number of fused-ring (bicyclic) bond motifs is 1. The van der Waals surface area contributed by atoms with Crippen LogP contribution in [0.25, 0.3) is 11.3 Å². The van der Waals surface area contributed by atoms with Gasteiger partial charge in [0.25, 0.3) is 0 Å². The maximum atomic E-state index is 15.3. The Labute approximate surface area is 196 Å². The molecule has 9 heteroatoms. The Morgan fingerprint density at radius 1 is 1.21 bits per heavy atom. The zero-order valence-electron chi connectivity index (χ0n) is 18.0. The zero-order valence-corrected chi connectivity index (χ0v) is 18.8. The molecular formula is C24H25ClFN5O2. The van der Waals surface area contributed by atoms with Crippen LogP contribution in [-0.2, 0) is 17.6 Å². The molecule has 4 heterocycles. The number of hydrogen-bond acceptors (Lipinski definition) is 7. The highest BCUT2D eigenvalue weighted by Crippen LogP contribution is 2.36. The second-order valence-corrected chi connectivity index (χ2v) is 8.70. The summed E-state index contributed by atoms with van der Waals surface area (Å²) in [6.07, 6.45) is 5.09. The normalized spacial score (nSPS) is 17.1. The number of anilines is 2. The summed E-state index contributed by atoms with van der Waals surface area (Å²) in [6, 6.07) is 9.06. The zero-order chi connectivity index (χ0) is 22.8. The molecule has 172 valence electrons. The average Bonchev–Trinajstić information content (AvgIpc) is 3.26. The molecule has 0 bridgehead atoms. The lowest BCUT2D eigenvalue weighted by Crippen LogP contribution is -2.36. The van der Waals surface area contributed by atoms with E-state index < -0.39 is 6.23 Å². The summed E-state index contributed by atoms with van der Waals surface area (Å²) in [5, 5.41) is 14.5. The molecule has 2 aliphatic rings. The van der Waals surface area contributed by atoms with Gasteiger partial charge in [-0.05, 0) is 54.7 Å². The van der Waals surface area contributed by atoms with Gasteiger partial charge in [0.15, 0.2) is 0 Å². The molecule has 1 fully saturated rings. The quantitative estimate of drug-likeness (QED) is 0.530. The summed E-state index contributed by atoms with van der Waals surface area (Å²) in [4.78, 5) is 14.7. The number of rotatable bonds is 6. The molecule has 1 aromatic carbocycles. The molecule has 0 saturated carbocycles. The number of aliphatic hydroxyl groups excluding tert-OH is 1. The van der Waals surface area contributed by atoms with Gasteiger partial charge in [0.05, 0.1) is 11.4 Å². The first kappa shape index (κ1) is 22.0. The largest absolute Gasteiger partial charge is 0.381 e. The minimum Gasteiger partial charge on any atom is -0.381 e. The van der Waals surface area contributed by atoms with E-state index in [0.717, 1.165) is 37.2 Å². The van der Waals surface area contributed by atoms with E-state index in [-0.39, 0.29) is 18.3 Å². The monoisotopic (exact) mass is 469 g/mol. The van der Waals surface area contributed by atoms with Crippen LogP contribution in [0.5, 0.6) is 0 Å². The molecule has 1 saturated heterocycles. The fourth-order valence-corrected chi connectivity index (χ4v) is 4.66. The van der Waals surface area contributed by atoms with Crippen molar-refractivity contribution in [3.63, 3.8) is 0 Å². The molecule has 0 aliphatic carbocycles. The van der Waals surface area contributed by atoms with Gasteiger partial charge in [0.1, 0.15) is 17.2 Å². The van der Waals surface area contributed by atoms with Crippen LogP contribution in [0.3, 0.4) is 0 Å². The number of nitrogens with zero attached hydrogens (tertiary/aromatic N) is 4. The fraction of sp³-hybridized carbons (Fsp3) is 0.375. The summed E-state index contributed by atoms with van der Waals surface area (Å²) < 4.78 is 20.7. The maximum Gasteiger partial charge on any atom is 0.223 e. The SMILES string of the molecule is OC(Cc1cccnc1Cl)N1CCc2cc(-c3ccnc(NC4CCOCC4)n3)cc(F)c21. The maximum absolute atomic E-state index is 15.3. The highest BCUT2D eigenvalue weighted by Gasteiger charge is 2.29. The third-order valence-electron chi connectivity index (χ3n) is 6.16. The van der Waals surface area contributed by atoms with E-state index >= 15 is 4.39 Å². The minimum absolute atomic E-state index is 0.264. The van der Waals surface area contributed by atoms with Crippen molar-refractivity contribution in [2.75, 3.05) is 30.0 Å². The molecule has 2 aromatic heterocycles. The Hall–Kier alpha value is -2.81. The number of halogens is 2. The molecule has 7 nitrogen and oxygen atoms in total. The van der Waals surface area contributed by atoms with Crippen LogP contribution in [0.15, 0.2) is 42.7 Å². The molecule has 2 N–H and O–H groups in total. The topological polar surface area (TPSA) is 83.4 Å². The average molecular weight is 470 g/mol. The van der Waals surface area contributed by atoms with Crippen molar-refractivity contribution < 1.29 is 14.2 Å². The van der Waals surface area contributed by atoms with Gasteiger partial charge in [-0.2, -0.15) is 0 Å². The number of pyridine rings is 1. The molecule has 0 amide bonds. The highest BCUT2D eigenvalue weighted by atomic mass is 35.5. The third kappa shape index (κ3) is 4.78. The van der Waals surface area contributed by atoms with Crippen LogP contribution < -0.4 is 10.2 Å². The van der Waals surface area contributed by atoms with Gasteiger partial charge >= 0.3 is 0 Å². The summed E-state index contributed by atoms with van der Waals surface area (Å²) in [7, 11) is 0. The van der Waals surface area contributed by atoms with Crippen LogP contribution in [-0.4, -0.2) is 52.1 Å². The van der Waals surface area contributed by atoms with Crippen molar-refractivity contribution in [1.82, 2.24) is 15.0 Å². The summed E-state index contributed by atoms with van der Waals surface area (Å²) in [6.45, 7) is 1.97. The first-order valence-electron chi connectivity index (χ1n) is 11.1. The van der Waals surface area contributed by atoms with E-state index in [1.54, 1.807) is 29.4 Å². The van der Waals surface area contributed by atoms with E-state index in [2.05, 4.69) is 20.3 Å². The van der Waals surface area contributed by atoms with Crippen molar-refractivity contribution >= 4 is 23.2 Å². The van der Waals surface area contributed by atoms with Crippen molar-refractivity contribution in [3.8, 4) is 11.3 Å². The van der Waals surface area contributed by atoms with Gasteiger partial charge in [-0.25, -0.2) is 19.3 Å². The lowest BCUT2D eigenvalue weighted by molar-refractivity contribution is 0.0903. The molecule has 2 aliphatic heterocycles. The number of aromatic nitrogens is 3. The van der Waals surface area contributed by atoms with Gasteiger partial charge in [0, 0.05) is 50.2 Å². The third-order valence-corrected chi connectivity index (χ3v) is 6.50. The second kappa shape index (κ2) is 9.59. The fourth-order valence-electron chi connectivity index (χ4n) is 4.46. The van der Waals surface area contributed by atoms with Crippen molar-refractivity contribution in [2.24, 2.45) is 0 Å². The van der Waals surface area contributed by atoms with E-state index in [1.165, 1.54) is 6.07 Å². The molecule has 1 atom stereocenters. The number of ether oxygens (including phenoxy) is 1. The van der Waals surface area contributed by atoms with E-state index in [4.69, 9.17) is 16.3 Å². The molecule has 0 spiro atoms. The van der Waals surface area contributed by atoms with Crippen LogP contribution >= 0.6 is 11.6 Å². The van der Waals surface area contributed by atoms with E-state index in [1.807, 2.05) is 12.1 Å². The summed E-state index contributed by atoms with van der Waals surface area (Å²) in [5.41, 5.74) is 3.35. The lowest BCUT2D eigenvalue weighted by Gasteiger charge is -2.26. The van der Waals surface area contributed by atoms with Gasteiger partial charge in [-0.1, -0.05) is 17.7 Å². The first-order chi connectivity index (χ1) is 16.1. The summed E-state index contributed by atoms with van der Waals surface area (Å²) >= 11 is 6.13. The number of benzene rings is 1. The van der Waals surface area contributed by atoms with Gasteiger partial charge in [-0.3, -0.25) is 0 Å². The molecule has 0 radical (unpaired) electrons. The second-order valence-electron chi connectivity index (χ2n) is 8.34. The Morgan fingerprint density at radius 2 is 2.06 bits per heavy atom. The standard InChI is InChI=1S/C24H25ClFN5O2/c25-23-16(2-1-7-27-23)14-21(32)31-9-4-15-12-17(13-19(26)22(15)31)20-3-8-28-24(30-20)29-18-5-10-33-11-6-18/h1-3,7-8,12-13,18,21,32H,4-6,9-11,14H2,(H,28,29,30). The van der Waals surface area contributed by atoms with E-state index in [9.17, 15) is 5.11 Å². The molecule has 1 unspecified atom stereocenters. The predicted octanol–water partition coefficient (Wildman–Crippen LogP) is 3.85. The Kier molecular flexibility index (Phi) is 6.39. The Bertz CT molecular complexity index is 1140. The smallest absolute Gasteiger partial charge is 0.223 e. The molecule has 3 aromatic rings. The number of hydrogen-bond donors (Lipinski definition) is 2. The van der Waals surface area contributed by atoms with Gasteiger partial charge in [-0.15, -0.1) is 0 Å². The Morgan fingerprint density at radius 3 is 2.88 bits per heavy atom. The number of aliphatic hydroxyl groups is 1. The molecule has 33 heavy (non-hydrogen) atoms. The van der Waals surface area contributed by atoms with Crippen LogP contribution in [0.1, 0.15) is 24.0 Å². The van der Waals surface area contributed by atoms with Crippen molar-refractivity contribution in [1.29, 1.82) is 0 Å². The Balaban J connectivity index is 1.36. The van der Waals surface area contributed by atoms with Crippen LogP contribution in [0.2, 0.25) is 5.15 Å². The van der Waals surface area contributed by atoms with Crippen molar-refractivity contribution in [3.05, 3.63) is 64.8 Å². The van der Waals surface area contributed by atoms with Crippen molar-refractivity contribution in [2.45, 2.75) is 38.0 Å². The molecular weight excluding hydrogens is 445 g/mol. The highest BCUT2D eigenvalue weighted by molar-refractivity contribution is 6.30. The lowest BCUT2D eigenvalue weighted by atomic mass is 10.0. The molecule has 5 rings (SSSR count). The first-order valence-corrected chi connectivity index (χ1v) is 11.5. The van der Waals surface area contributed by atoms with Crippen LogP contribution in [0, 0.1) is 5.82 Å². The van der Waals surface area contributed by atoms with E-state index in [0.29, 0.717) is 41.0 Å². The van der Waals surface area contributed by atoms with Crippen LogP contribution in [0.4, 0.5) is 16.0 Å². The van der Waals surface area contributed by atoms with Gasteiger partial charge in [0.2, 0.25) is 5.95 Å².